The van der Waals surface area contributed by atoms with Gasteiger partial charge in [0, 0.05) is 18.8 Å². The summed E-state index contributed by atoms with van der Waals surface area (Å²) in [6.45, 7) is 6.05. The van der Waals surface area contributed by atoms with Crippen LogP contribution in [0.15, 0.2) is 6.07 Å². The molecular formula is C14H19N3. The molecule has 1 fully saturated rings. The van der Waals surface area contributed by atoms with Gasteiger partial charge in [0.25, 0.3) is 0 Å². The molecule has 0 atom stereocenters. The average molecular weight is 229 g/mol. The maximum atomic E-state index is 9.27. The summed E-state index contributed by atoms with van der Waals surface area (Å²) in [5.41, 5.74) is 3.68. The third-order valence-electron chi connectivity index (χ3n) is 3.37. The lowest BCUT2D eigenvalue weighted by Gasteiger charge is -2.24. The summed E-state index contributed by atoms with van der Waals surface area (Å²) in [7, 11) is 0. The summed E-state index contributed by atoms with van der Waals surface area (Å²) in [5.74, 6) is 0. The lowest BCUT2D eigenvalue weighted by Crippen LogP contribution is -2.25. The molecule has 0 spiro atoms. The number of anilines is 1. The van der Waals surface area contributed by atoms with Crippen molar-refractivity contribution in [3.05, 3.63) is 23.0 Å². The van der Waals surface area contributed by atoms with Crippen molar-refractivity contribution in [1.82, 2.24) is 4.98 Å². The van der Waals surface area contributed by atoms with E-state index in [-0.39, 0.29) is 0 Å². The first-order chi connectivity index (χ1) is 8.22. The smallest absolute Gasteiger partial charge is 0.103 e. The molecule has 90 valence electrons. The molecular weight excluding hydrogens is 210 g/mol. The Labute approximate surface area is 103 Å². The fourth-order valence-corrected chi connectivity index (χ4v) is 2.51. The second-order valence-electron chi connectivity index (χ2n) is 4.76. The number of pyridine rings is 1. The van der Waals surface area contributed by atoms with E-state index in [1.54, 1.807) is 0 Å². The van der Waals surface area contributed by atoms with Gasteiger partial charge in [-0.15, -0.1) is 0 Å². The maximum absolute atomic E-state index is 9.27. The minimum atomic E-state index is 0.748. The molecule has 3 nitrogen and oxygen atoms in total. The van der Waals surface area contributed by atoms with E-state index in [2.05, 4.69) is 22.0 Å². The zero-order valence-corrected chi connectivity index (χ0v) is 10.7. The minimum Gasteiger partial charge on any atom is -0.370 e. The van der Waals surface area contributed by atoms with Crippen molar-refractivity contribution < 1.29 is 0 Å². The number of aromatic nitrogens is 1. The normalized spacial score (nSPS) is 16.4. The summed E-state index contributed by atoms with van der Waals surface area (Å²) in [6.07, 6.45) is 5.07. The number of aryl methyl sites for hydroxylation is 2. The topological polar surface area (TPSA) is 39.9 Å². The summed E-state index contributed by atoms with van der Waals surface area (Å²) in [5, 5.41) is 9.27. The van der Waals surface area contributed by atoms with E-state index < -0.39 is 0 Å². The summed E-state index contributed by atoms with van der Waals surface area (Å²) < 4.78 is 0. The third-order valence-corrected chi connectivity index (χ3v) is 3.37. The van der Waals surface area contributed by atoms with Gasteiger partial charge in [-0.2, -0.15) is 5.26 Å². The zero-order chi connectivity index (χ0) is 12.3. The second kappa shape index (κ2) is 5.18. The van der Waals surface area contributed by atoms with Gasteiger partial charge in [0.1, 0.15) is 6.07 Å². The van der Waals surface area contributed by atoms with Gasteiger partial charge in [-0.05, 0) is 32.8 Å². The Morgan fingerprint density at radius 3 is 2.41 bits per heavy atom. The summed E-state index contributed by atoms with van der Waals surface area (Å²) in [4.78, 5) is 6.73. The van der Waals surface area contributed by atoms with Gasteiger partial charge in [-0.25, -0.2) is 0 Å². The first-order valence-electron chi connectivity index (χ1n) is 6.35. The number of nitrogens with zero attached hydrogens (tertiary/aromatic N) is 3. The van der Waals surface area contributed by atoms with Crippen molar-refractivity contribution in [3.63, 3.8) is 0 Å². The number of nitriles is 1. The molecule has 0 bridgehead atoms. The Kier molecular flexibility index (Phi) is 3.63. The lowest BCUT2D eigenvalue weighted by atomic mass is 10.1. The minimum absolute atomic E-state index is 0.748. The highest BCUT2D eigenvalue weighted by atomic mass is 15.1. The molecule has 2 rings (SSSR count). The van der Waals surface area contributed by atoms with Gasteiger partial charge < -0.3 is 4.90 Å². The third kappa shape index (κ3) is 2.58. The van der Waals surface area contributed by atoms with Gasteiger partial charge in [0.2, 0.25) is 0 Å². The number of hydrogen-bond donors (Lipinski definition) is 0. The van der Waals surface area contributed by atoms with Crippen LogP contribution in [0.2, 0.25) is 0 Å². The molecule has 17 heavy (non-hydrogen) atoms. The molecule has 0 saturated carbocycles. The molecule has 0 amide bonds. The Hall–Kier alpha value is -1.56. The lowest BCUT2D eigenvalue weighted by molar-refractivity contribution is 0.726. The maximum Gasteiger partial charge on any atom is 0.103 e. The highest BCUT2D eigenvalue weighted by molar-refractivity contribution is 5.61. The van der Waals surface area contributed by atoms with Crippen LogP contribution in [-0.2, 0) is 0 Å². The van der Waals surface area contributed by atoms with Crippen molar-refractivity contribution in [2.45, 2.75) is 39.5 Å². The molecule has 0 unspecified atom stereocenters. The fourth-order valence-electron chi connectivity index (χ4n) is 2.51. The molecule has 0 radical (unpaired) electrons. The predicted octanol–water partition coefficient (Wildman–Crippen LogP) is 2.95. The van der Waals surface area contributed by atoms with Crippen LogP contribution < -0.4 is 4.90 Å². The van der Waals surface area contributed by atoms with E-state index in [9.17, 15) is 5.26 Å². The quantitative estimate of drug-likeness (QED) is 0.743. The molecule has 2 heterocycles. The van der Waals surface area contributed by atoms with Crippen LogP contribution in [0.4, 0.5) is 5.69 Å². The molecule has 1 aliphatic rings. The van der Waals surface area contributed by atoms with Crippen LogP contribution in [0.25, 0.3) is 0 Å². The molecule has 1 aromatic rings. The Bertz CT molecular complexity index is 438. The summed E-state index contributed by atoms with van der Waals surface area (Å²) in [6, 6.07) is 4.36. The molecule has 0 aromatic carbocycles. The van der Waals surface area contributed by atoms with Crippen LogP contribution in [0.1, 0.15) is 42.6 Å². The van der Waals surface area contributed by atoms with Gasteiger partial charge in [0.05, 0.1) is 16.9 Å². The SMILES string of the molecule is Cc1cc(N2CCCCCC2)c(C#N)c(C)n1. The van der Waals surface area contributed by atoms with Gasteiger partial charge in [-0.3, -0.25) is 4.98 Å². The number of rotatable bonds is 1. The molecule has 1 saturated heterocycles. The fraction of sp³-hybridized carbons (Fsp3) is 0.571. The van der Waals surface area contributed by atoms with Crippen LogP contribution in [0, 0.1) is 25.2 Å². The zero-order valence-electron chi connectivity index (χ0n) is 10.7. The highest BCUT2D eigenvalue weighted by Crippen LogP contribution is 2.25. The van der Waals surface area contributed by atoms with E-state index >= 15 is 0 Å². The Balaban J connectivity index is 2.39. The van der Waals surface area contributed by atoms with Crippen LogP contribution in [0.5, 0.6) is 0 Å². The van der Waals surface area contributed by atoms with Gasteiger partial charge in [0.15, 0.2) is 0 Å². The molecule has 3 heteroatoms. The van der Waals surface area contributed by atoms with Gasteiger partial charge >= 0.3 is 0 Å². The molecule has 0 N–H and O–H groups in total. The first kappa shape index (κ1) is 11.9. The average Bonchev–Trinajstić information content (AvgIpc) is 2.56. The Morgan fingerprint density at radius 2 is 1.82 bits per heavy atom. The van der Waals surface area contributed by atoms with E-state index in [0.717, 1.165) is 35.7 Å². The van der Waals surface area contributed by atoms with Crippen LogP contribution >= 0.6 is 0 Å². The molecule has 1 aliphatic heterocycles. The van der Waals surface area contributed by atoms with Crippen LogP contribution in [-0.4, -0.2) is 18.1 Å². The van der Waals surface area contributed by atoms with E-state index in [4.69, 9.17) is 0 Å². The van der Waals surface area contributed by atoms with Crippen molar-refractivity contribution in [2.24, 2.45) is 0 Å². The van der Waals surface area contributed by atoms with E-state index in [1.165, 1.54) is 25.7 Å². The van der Waals surface area contributed by atoms with E-state index in [0.29, 0.717) is 0 Å². The molecule has 0 aliphatic carbocycles. The van der Waals surface area contributed by atoms with Crippen LogP contribution in [0.3, 0.4) is 0 Å². The van der Waals surface area contributed by atoms with Crippen molar-refractivity contribution >= 4 is 5.69 Å². The Morgan fingerprint density at radius 1 is 1.18 bits per heavy atom. The monoisotopic (exact) mass is 229 g/mol. The second-order valence-corrected chi connectivity index (χ2v) is 4.76. The van der Waals surface area contributed by atoms with Gasteiger partial charge in [-0.1, -0.05) is 12.8 Å². The molecule has 1 aromatic heterocycles. The van der Waals surface area contributed by atoms with E-state index in [1.807, 2.05) is 13.8 Å². The standard InChI is InChI=1S/C14H19N3/c1-11-9-14(13(10-15)12(2)16-11)17-7-5-3-4-6-8-17/h9H,3-8H2,1-2H3. The first-order valence-corrected chi connectivity index (χ1v) is 6.35. The summed E-state index contributed by atoms with van der Waals surface area (Å²) >= 11 is 0. The number of hydrogen-bond acceptors (Lipinski definition) is 3. The largest absolute Gasteiger partial charge is 0.370 e. The predicted molar refractivity (Wildman–Crippen MR) is 69.1 cm³/mol. The van der Waals surface area contributed by atoms with Crippen molar-refractivity contribution in [2.75, 3.05) is 18.0 Å². The van der Waals surface area contributed by atoms with Crippen molar-refractivity contribution in [3.8, 4) is 6.07 Å². The highest BCUT2D eigenvalue weighted by Gasteiger charge is 2.16. The van der Waals surface area contributed by atoms with Crippen molar-refractivity contribution in [1.29, 1.82) is 5.26 Å².